The Morgan fingerprint density at radius 3 is 2.23 bits per heavy atom. The summed E-state index contributed by atoms with van der Waals surface area (Å²) in [5, 5.41) is 8.64. The topological polar surface area (TPSA) is 59.3 Å². The van der Waals surface area contributed by atoms with Gasteiger partial charge in [0.05, 0.1) is 11.9 Å². The van der Waals surface area contributed by atoms with E-state index >= 15 is 0 Å². The highest BCUT2D eigenvalue weighted by molar-refractivity contribution is 6.13. The number of hydrogen-bond donors (Lipinski definition) is 1. The Bertz CT molecular complexity index is 889. The third-order valence-corrected chi connectivity index (χ3v) is 4.65. The van der Waals surface area contributed by atoms with Crippen LogP contribution in [0.2, 0.25) is 0 Å². The fourth-order valence-electron chi connectivity index (χ4n) is 3.17. The van der Waals surface area contributed by atoms with Gasteiger partial charge in [-0.1, -0.05) is 60.7 Å². The number of amides is 1. The van der Waals surface area contributed by atoms with Crippen molar-refractivity contribution in [1.29, 1.82) is 0 Å². The first-order valence-electron chi connectivity index (χ1n) is 8.69. The number of benzene rings is 2. The molecule has 2 aromatic carbocycles. The number of hydrazone groups is 1. The first-order chi connectivity index (χ1) is 12.7. The Labute approximate surface area is 152 Å². The number of aromatic nitrogens is 2. The maximum atomic E-state index is 12.5. The molecule has 1 aliphatic carbocycles. The Balaban J connectivity index is 1.52. The second kappa shape index (κ2) is 6.96. The van der Waals surface area contributed by atoms with Gasteiger partial charge in [-0.15, -0.1) is 0 Å². The quantitative estimate of drug-likeness (QED) is 0.571. The SMILES string of the molecule is Cn1cc([C@H]2C[C@@H]2C(=O)NN=C(c2ccccc2)c2ccccc2)cn1. The fourth-order valence-corrected chi connectivity index (χ4v) is 3.17. The molecular formula is C21H20N4O. The van der Waals surface area contributed by atoms with Gasteiger partial charge in [0.15, 0.2) is 0 Å². The summed E-state index contributed by atoms with van der Waals surface area (Å²) in [5.74, 6) is 0.176. The van der Waals surface area contributed by atoms with Gasteiger partial charge in [0.2, 0.25) is 5.91 Å². The third-order valence-electron chi connectivity index (χ3n) is 4.65. The van der Waals surface area contributed by atoms with Crippen molar-refractivity contribution < 1.29 is 4.79 Å². The number of hydrogen-bond acceptors (Lipinski definition) is 3. The Morgan fingerprint density at radius 1 is 1.08 bits per heavy atom. The third kappa shape index (κ3) is 3.42. The Hall–Kier alpha value is -3.21. The van der Waals surface area contributed by atoms with E-state index in [0.29, 0.717) is 0 Å². The van der Waals surface area contributed by atoms with Crippen LogP contribution in [0.1, 0.15) is 29.0 Å². The summed E-state index contributed by atoms with van der Waals surface area (Å²) in [6, 6.07) is 19.8. The summed E-state index contributed by atoms with van der Waals surface area (Å²) in [4.78, 5) is 12.5. The summed E-state index contributed by atoms with van der Waals surface area (Å²) in [5.41, 5.74) is 6.59. The lowest BCUT2D eigenvalue weighted by Crippen LogP contribution is -2.22. The average molecular weight is 344 g/mol. The highest BCUT2D eigenvalue weighted by Crippen LogP contribution is 2.47. The first-order valence-corrected chi connectivity index (χ1v) is 8.69. The van der Waals surface area contributed by atoms with Gasteiger partial charge in [-0.25, -0.2) is 5.43 Å². The van der Waals surface area contributed by atoms with Crippen LogP contribution in [0.5, 0.6) is 0 Å². The van der Waals surface area contributed by atoms with E-state index in [1.807, 2.05) is 80.1 Å². The Kier molecular flexibility index (Phi) is 4.35. The molecule has 1 aromatic heterocycles. The lowest BCUT2D eigenvalue weighted by Gasteiger charge is -2.08. The molecule has 0 saturated heterocycles. The van der Waals surface area contributed by atoms with Crippen LogP contribution < -0.4 is 5.43 Å². The van der Waals surface area contributed by atoms with Gasteiger partial charge < -0.3 is 0 Å². The Morgan fingerprint density at radius 2 is 1.69 bits per heavy atom. The minimum Gasteiger partial charge on any atom is -0.276 e. The molecule has 0 aliphatic heterocycles. The lowest BCUT2D eigenvalue weighted by atomic mass is 10.0. The van der Waals surface area contributed by atoms with Crippen molar-refractivity contribution in [3.05, 3.63) is 89.7 Å². The number of nitrogens with one attached hydrogen (secondary N) is 1. The van der Waals surface area contributed by atoms with Gasteiger partial charge >= 0.3 is 0 Å². The molecule has 0 radical (unpaired) electrons. The van der Waals surface area contributed by atoms with E-state index in [1.165, 1.54) is 0 Å². The van der Waals surface area contributed by atoms with Crippen LogP contribution in [0.25, 0.3) is 0 Å². The van der Waals surface area contributed by atoms with Crippen molar-refractivity contribution in [1.82, 2.24) is 15.2 Å². The fraction of sp³-hybridized carbons (Fsp3) is 0.190. The van der Waals surface area contributed by atoms with Crippen molar-refractivity contribution in [3.8, 4) is 0 Å². The van der Waals surface area contributed by atoms with E-state index in [9.17, 15) is 4.79 Å². The van der Waals surface area contributed by atoms with E-state index in [2.05, 4.69) is 15.6 Å². The van der Waals surface area contributed by atoms with Crippen LogP contribution in [-0.4, -0.2) is 21.4 Å². The standard InChI is InChI=1S/C21H20N4O/c1-25-14-17(13-22-25)18-12-19(18)21(26)24-23-20(15-8-4-2-5-9-15)16-10-6-3-7-11-16/h2-11,13-14,18-19H,12H2,1H3,(H,24,26)/t18-,19+/m1/s1. The number of nitrogens with zero attached hydrogens (tertiary/aromatic N) is 3. The molecule has 0 bridgehead atoms. The zero-order valence-corrected chi connectivity index (χ0v) is 14.5. The highest BCUT2D eigenvalue weighted by atomic mass is 16.2. The second-order valence-electron chi connectivity index (χ2n) is 6.56. The molecule has 26 heavy (non-hydrogen) atoms. The second-order valence-corrected chi connectivity index (χ2v) is 6.56. The lowest BCUT2D eigenvalue weighted by molar-refractivity contribution is -0.122. The van der Waals surface area contributed by atoms with E-state index in [-0.39, 0.29) is 17.7 Å². The normalized spacial score (nSPS) is 18.2. The van der Waals surface area contributed by atoms with Crippen LogP contribution in [0.15, 0.2) is 78.2 Å². The number of rotatable bonds is 5. The molecule has 1 heterocycles. The van der Waals surface area contributed by atoms with E-state index in [0.717, 1.165) is 28.8 Å². The molecule has 1 amide bonds. The highest BCUT2D eigenvalue weighted by Gasteiger charge is 2.44. The van der Waals surface area contributed by atoms with E-state index in [4.69, 9.17) is 0 Å². The van der Waals surface area contributed by atoms with Gasteiger partial charge in [-0.3, -0.25) is 9.48 Å². The van der Waals surface area contributed by atoms with Crippen LogP contribution in [0.3, 0.4) is 0 Å². The number of aryl methyl sites for hydroxylation is 1. The molecule has 0 unspecified atom stereocenters. The zero-order valence-electron chi connectivity index (χ0n) is 14.5. The van der Waals surface area contributed by atoms with Crippen LogP contribution in [-0.2, 0) is 11.8 Å². The van der Waals surface area contributed by atoms with Gasteiger partial charge in [0.25, 0.3) is 0 Å². The van der Waals surface area contributed by atoms with Gasteiger partial charge in [-0.2, -0.15) is 10.2 Å². The number of carbonyl (C=O) groups is 1. The minimum atomic E-state index is -0.0387. The van der Waals surface area contributed by atoms with Gasteiger partial charge in [0, 0.05) is 30.3 Å². The number of carbonyl (C=O) groups excluding carboxylic acids is 1. The molecule has 3 aromatic rings. The average Bonchev–Trinajstić information content (AvgIpc) is 3.37. The molecule has 130 valence electrons. The molecule has 1 aliphatic rings. The predicted molar refractivity (Wildman–Crippen MR) is 101 cm³/mol. The maximum Gasteiger partial charge on any atom is 0.243 e. The minimum absolute atomic E-state index is 0.0317. The molecular weight excluding hydrogens is 324 g/mol. The van der Waals surface area contributed by atoms with E-state index < -0.39 is 0 Å². The van der Waals surface area contributed by atoms with Crippen LogP contribution in [0.4, 0.5) is 0 Å². The monoisotopic (exact) mass is 344 g/mol. The summed E-state index contributed by atoms with van der Waals surface area (Å²) in [6.07, 6.45) is 4.65. The molecule has 4 rings (SSSR count). The first kappa shape index (κ1) is 16.3. The van der Waals surface area contributed by atoms with Gasteiger partial charge in [0.1, 0.15) is 0 Å². The summed E-state index contributed by atoms with van der Waals surface area (Å²) < 4.78 is 1.77. The largest absolute Gasteiger partial charge is 0.276 e. The van der Waals surface area contributed by atoms with Gasteiger partial charge in [-0.05, 0) is 17.9 Å². The van der Waals surface area contributed by atoms with Crippen molar-refractivity contribution in [2.75, 3.05) is 0 Å². The van der Waals surface area contributed by atoms with Crippen molar-refractivity contribution in [2.24, 2.45) is 18.1 Å². The maximum absolute atomic E-state index is 12.5. The smallest absolute Gasteiger partial charge is 0.243 e. The zero-order chi connectivity index (χ0) is 17.9. The van der Waals surface area contributed by atoms with E-state index in [1.54, 1.807) is 4.68 Å². The predicted octanol–water partition coefficient (Wildman–Crippen LogP) is 3.09. The molecule has 1 fully saturated rings. The van der Waals surface area contributed by atoms with Crippen molar-refractivity contribution in [3.63, 3.8) is 0 Å². The summed E-state index contributed by atoms with van der Waals surface area (Å²) in [7, 11) is 1.89. The molecule has 0 spiro atoms. The van der Waals surface area contributed by atoms with Crippen molar-refractivity contribution in [2.45, 2.75) is 12.3 Å². The van der Waals surface area contributed by atoms with Crippen LogP contribution in [0, 0.1) is 5.92 Å². The summed E-state index contributed by atoms with van der Waals surface area (Å²) in [6.45, 7) is 0. The molecule has 5 heteroatoms. The van der Waals surface area contributed by atoms with Crippen LogP contribution >= 0.6 is 0 Å². The molecule has 5 nitrogen and oxygen atoms in total. The molecule has 1 saturated carbocycles. The molecule has 1 N–H and O–H groups in total. The van der Waals surface area contributed by atoms with Crippen molar-refractivity contribution >= 4 is 11.6 Å². The summed E-state index contributed by atoms with van der Waals surface area (Å²) >= 11 is 0. The molecule has 2 atom stereocenters.